The van der Waals surface area contributed by atoms with Crippen molar-refractivity contribution in [3.05, 3.63) is 64.2 Å². The molecule has 0 aliphatic carbocycles. The molecule has 0 saturated carbocycles. The second kappa shape index (κ2) is 12.2. The van der Waals surface area contributed by atoms with Crippen LogP contribution in [0.4, 0.5) is 11.4 Å². The molecule has 0 saturated heterocycles. The summed E-state index contributed by atoms with van der Waals surface area (Å²) >= 11 is 0. The van der Waals surface area contributed by atoms with Crippen LogP contribution in [0.25, 0.3) is 0 Å². The predicted molar refractivity (Wildman–Crippen MR) is 132 cm³/mol. The fourth-order valence-electron chi connectivity index (χ4n) is 3.51. The highest BCUT2D eigenvalue weighted by Crippen LogP contribution is 2.24. The zero-order valence-corrected chi connectivity index (χ0v) is 20.9. The van der Waals surface area contributed by atoms with Gasteiger partial charge in [-0.1, -0.05) is 25.1 Å². The van der Waals surface area contributed by atoms with Crippen LogP contribution in [0.1, 0.15) is 25.8 Å². The third kappa shape index (κ3) is 7.41. The standard InChI is InChI=1S/C23H30N4O7S/c1-5-21(23(29)24-6-2)25(15-17-10-12-20(34-3)13-11-17)22(28)16-26(35(4,32)33)18-8-7-9-19(14-18)27(30)31/h7-14,21H,5-6,15-16H2,1-4H3,(H,24,29)/t21-/m0/s1. The minimum atomic E-state index is -3.99. The van der Waals surface area contributed by atoms with E-state index in [1.165, 1.54) is 30.2 Å². The van der Waals surface area contributed by atoms with Crippen LogP contribution < -0.4 is 14.4 Å². The zero-order chi connectivity index (χ0) is 26.2. The van der Waals surface area contributed by atoms with E-state index < -0.39 is 33.4 Å². The highest BCUT2D eigenvalue weighted by Gasteiger charge is 2.31. The number of nitrogens with one attached hydrogen (secondary N) is 1. The Balaban J connectivity index is 2.45. The molecule has 2 aromatic rings. The fourth-order valence-corrected chi connectivity index (χ4v) is 4.36. The first kappa shape index (κ1) is 27.6. The van der Waals surface area contributed by atoms with E-state index in [2.05, 4.69) is 5.32 Å². The van der Waals surface area contributed by atoms with E-state index in [4.69, 9.17) is 4.74 Å². The maximum absolute atomic E-state index is 13.5. The molecule has 0 aliphatic heterocycles. The van der Waals surface area contributed by atoms with Gasteiger partial charge in [-0.3, -0.25) is 24.0 Å². The lowest BCUT2D eigenvalue weighted by Gasteiger charge is -2.32. The van der Waals surface area contributed by atoms with Gasteiger partial charge in [0.1, 0.15) is 18.3 Å². The number of anilines is 1. The van der Waals surface area contributed by atoms with E-state index in [1.54, 1.807) is 38.1 Å². The summed E-state index contributed by atoms with van der Waals surface area (Å²) in [6.07, 6.45) is 1.21. The van der Waals surface area contributed by atoms with Crippen molar-refractivity contribution in [1.82, 2.24) is 10.2 Å². The van der Waals surface area contributed by atoms with Crippen LogP contribution in [-0.4, -0.2) is 62.6 Å². The second-order valence-corrected chi connectivity index (χ2v) is 9.64. The molecule has 0 spiro atoms. The van der Waals surface area contributed by atoms with Gasteiger partial charge < -0.3 is 15.0 Å². The number of rotatable bonds is 12. The summed E-state index contributed by atoms with van der Waals surface area (Å²) < 4.78 is 31.1. The molecule has 2 amide bonds. The molecule has 0 bridgehead atoms. The highest BCUT2D eigenvalue weighted by molar-refractivity contribution is 7.92. The van der Waals surface area contributed by atoms with Gasteiger partial charge in [0.2, 0.25) is 21.8 Å². The highest BCUT2D eigenvalue weighted by atomic mass is 32.2. The average Bonchev–Trinajstić information content (AvgIpc) is 2.82. The number of nitro groups is 1. The lowest BCUT2D eigenvalue weighted by Crippen LogP contribution is -2.52. The second-order valence-electron chi connectivity index (χ2n) is 7.73. The fraction of sp³-hybridized carbons (Fsp3) is 0.391. The van der Waals surface area contributed by atoms with Gasteiger partial charge in [-0.15, -0.1) is 0 Å². The first-order chi connectivity index (χ1) is 16.5. The minimum Gasteiger partial charge on any atom is -0.497 e. The molecule has 0 unspecified atom stereocenters. The van der Waals surface area contributed by atoms with Crippen molar-refractivity contribution in [2.45, 2.75) is 32.9 Å². The number of carbonyl (C=O) groups is 2. The predicted octanol–water partition coefficient (Wildman–Crippen LogP) is 2.31. The average molecular weight is 507 g/mol. The number of benzene rings is 2. The Morgan fingerprint density at radius 1 is 1.14 bits per heavy atom. The smallest absolute Gasteiger partial charge is 0.271 e. The van der Waals surface area contributed by atoms with Crippen LogP contribution in [0.2, 0.25) is 0 Å². The van der Waals surface area contributed by atoms with Gasteiger partial charge in [0.25, 0.3) is 5.69 Å². The molecule has 0 aliphatic rings. The molecule has 190 valence electrons. The number of likely N-dealkylation sites (N-methyl/N-ethyl adjacent to an activating group) is 1. The lowest BCUT2D eigenvalue weighted by molar-refractivity contribution is -0.384. The summed E-state index contributed by atoms with van der Waals surface area (Å²) in [4.78, 5) is 38.1. The van der Waals surface area contributed by atoms with E-state index >= 15 is 0 Å². The molecular formula is C23H30N4O7S. The Bertz CT molecular complexity index is 1150. The number of non-ortho nitro benzene ring substituents is 1. The summed E-state index contributed by atoms with van der Waals surface area (Å²) in [6, 6.07) is 11.1. The van der Waals surface area contributed by atoms with Gasteiger partial charge >= 0.3 is 0 Å². The molecule has 0 radical (unpaired) electrons. The molecule has 35 heavy (non-hydrogen) atoms. The third-order valence-electron chi connectivity index (χ3n) is 5.26. The maximum atomic E-state index is 13.5. The summed E-state index contributed by atoms with van der Waals surface area (Å²) in [5, 5.41) is 13.9. The van der Waals surface area contributed by atoms with E-state index in [0.717, 1.165) is 16.6 Å². The van der Waals surface area contributed by atoms with Crippen molar-refractivity contribution in [2.24, 2.45) is 0 Å². The Morgan fingerprint density at radius 3 is 2.31 bits per heavy atom. The Hall–Kier alpha value is -3.67. The number of amides is 2. The van der Waals surface area contributed by atoms with Gasteiger partial charge in [0.05, 0.1) is 24.0 Å². The molecule has 11 nitrogen and oxygen atoms in total. The summed E-state index contributed by atoms with van der Waals surface area (Å²) in [5.41, 5.74) is 0.376. The minimum absolute atomic E-state index is 0.0227. The number of methoxy groups -OCH3 is 1. The van der Waals surface area contributed by atoms with Crippen molar-refractivity contribution in [3.63, 3.8) is 0 Å². The number of nitrogens with zero attached hydrogens (tertiary/aromatic N) is 3. The van der Waals surface area contributed by atoms with Gasteiger partial charge in [-0.2, -0.15) is 0 Å². The molecule has 2 rings (SSSR count). The summed E-state index contributed by atoms with van der Waals surface area (Å²) in [5.74, 6) is -0.370. The SMILES string of the molecule is CCNC(=O)[C@H](CC)N(Cc1ccc(OC)cc1)C(=O)CN(c1cccc([N+](=O)[O-])c1)S(C)(=O)=O. The molecule has 0 aromatic heterocycles. The van der Waals surface area contributed by atoms with Crippen LogP contribution in [-0.2, 0) is 26.2 Å². The van der Waals surface area contributed by atoms with Crippen LogP contribution in [0.15, 0.2) is 48.5 Å². The van der Waals surface area contributed by atoms with E-state index in [9.17, 15) is 28.1 Å². The van der Waals surface area contributed by atoms with E-state index in [0.29, 0.717) is 24.3 Å². The zero-order valence-electron chi connectivity index (χ0n) is 20.1. The maximum Gasteiger partial charge on any atom is 0.271 e. The quantitative estimate of drug-likeness (QED) is 0.344. The van der Waals surface area contributed by atoms with Gasteiger partial charge in [-0.05, 0) is 37.1 Å². The third-order valence-corrected chi connectivity index (χ3v) is 6.40. The Morgan fingerprint density at radius 2 is 1.80 bits per heavy atom. The van der Waals surface area contributed by atoms with Crippen molar-refractivity contribution in [1.29, 1.82) is 0 Å². The molecule has 12 heteroatoms. The number of nitro benzene ring substituents is 1. The van der Waals surface area contributed by atoms with Crippen molar-refractivity contribution in [2.75, 3.05) is 30.8 Å². The van der Waals surface area contributed by atoms with Gasteiger partial charge in [-0.25, -0.2) is 8.42 Å². The largest absolute Gasteiger partial charge is 0.497 e. The number of hydrogen-bond donors (Lipinski definition) is 1. The van der Waals surface area contributed by atoms with Gasteiger partial charge in [0.15, 0.2) is 0 Å². The topological polar surface area (TPSA) is 139 Å². The molecule has 1 atom stereocenters. The monoisotopic (exact) mass is 506 g/mol. The van der Waals surface area contributed by atoms with Crippen LogP contribution in [0, 0.1) is 10.1 Å². The van der Waals surface area contributed by atoms with Crippen molar-refractivity contribution >= 4 is 33.2 Å². The Labute approximate surface area is 204 Å². The Kier molecular flexibility index (Phi) is 9.58. The van der Waals surface area contributed by atoms with E-state index in [-0.39, 0.29) is 23.8 Å². The van der Waals surface area contributed by atoms with Gasteiger partial charge in [0, 0.05) is 25.2 Å². The molecule has 1 N–H and O–H groups in total. The molecular weight excluding hydrogens is 476 g/mol. The first-order valence-corrected chi connectivity index (χ1v) is 12.8. The van der Waals surface area contributed by atoms with E-state index in [1.807, 2.05) is 0 Å². The summed E-state index contributed by atoms with van der Waals surface area (Å²) in [7, 11) is -2.46. The van der Waals surface area contributed by atoms with Crippen molar-refractivity contribution in [3.8, 4) is 5.75 Å². The van der Waals surface area contributed by atoms with Crippen molar-refractivity contribution < 1.29 is 27.7 Å². The molecule has 0 heterocycles. The van der Waals surface area contributed by atoms with Crippen LogP contribution >= 0.6 is 0 Å². The number of sulfonamides is 1. The number of ether oxygens (including phenoxy) is 1. The molecule has 2 aromatic carbocycles. The summed E-state index contributed by atoms with van der Waals surface area (Å²) in [6.45, 7) is 3.29. The normalized spacial score (nSPS) is 11.9. The van der Waals surface area contributed by atoms with Crippen LogP contribution in [0.5, 0.6) is 5.75 Å². The molecule has 0 fully saturated rings. The first-order valence-electron chi connectivity index (χ1n) is 10.9. The van der Waals surface area contributed by atoms with Crippen LogP contribution in [0.3, 0.4) is 0 Å². The lowest BCUT2D eigenvalue weighted by atomic mass is 10.1. The number of carbonyl (C=O) groups excluding carboxylic acids is 2. The number of hydrogen-bond acceptors (Lipinski definition) is 7.